The molecule has 0 aromatic carbocycles. The van der Waals surface area contributed by atoms with Gasteiger partial charge in [-0.25, -0.2) is 4.79 Å². The molecule has 4 nitrogen and oxygen atoms in total. The molecule has 0 saturated carbocycles. The molecule has 0 fully saturated rings. The van der Waals surface area contributed by atoms with Gasteiger partial charge in [0.2, 0.25) is 5.60 Å². The summed E-state index contributed by atoms with van der Waals surface area (Å²) in [4.78, 5) is 10.7. The Labute approximate surface area is 75.8 Å². The first-order valence-corrected chi connectivity index (χ1v) is 4.04. The van der Waals surface area contributed by atoms with Crippen LogP contribution in [0.3, 0.4) is 0 Å². The van der Waals surface area contributed by atoms with E-state index in [4.69, 9.17) is 10.2 Å². The smallest absolute Gasteiger partial charge is 0.342 e. The van der Waals surface area contributed by atoms with Gasteiger partial charge in [-0.2, -0.15) is 0 Å². The Morgan fingerprint density at radius 3 is 2.69 bits per heavy atom. The van der Waals surface area contributed by atoms with Crippen LogP contribution in [0.1, 0.15) is 12.8 Å². The lowest BCUT2D eigenvalue weighted by Crippen LogP contribution is -2.44. The summed E-state index contributed by atoms with van der Waals surface area (Å²) in [6.45, 7) is -0.790. The third kappa shape index (κ3) is 1.79. The highest BCUT2D eigenvalue weighted by Gasteiger charge is 2.39. The Bertz CT molecular complexity index is 267. The minimum absolute atomic E-state index is 0.352. The van der Waals surface area contributed by atoms with E-state index in [1.54, 1.807) is 6.08 Å². The molecule has 1 unspecified atom stereocenters. The number of carbonyl (C=O) groups is 1. The van der Waals surface area contributed by atoms with Crippen molar-refractivity contribution in [1.29, 1.82) is 0 Å². The number of hydrogen-bond donors (Lipinski definition) is 3. The molecule has 1 aliphatic rings. The summed E-state index contributed by atoms with van der Waals surface area (Å²) in [7, 11) is 0. The van der Waals surface area contributed by atoms with E-state index < -0.39 is 18.2 Å². The van der Waals surface area contributed by atoms with E-state index >= 15 is 0 Å². The van der Waals surface area contributed by atoms with E-state index in [0.29, 0.717) is 18.4 Å². The lowest BCUT2D eigenvalue weighted by atomic mass is 9.88. The van der Waals surface area contributed by atoms with Gasteiger partial charge >= 0.3 is 5.97 Å². The first-order chi connectivity index (χ1) is 6.11. The molecule has 72 valence electrons. The van der Waals surface area contributed by atoms with Gasteiger partial charge in [0.25, 0.3) is 0 Å². The van der Waals surface area contributed by atoms with Gasteiger partial charge in [0, 0.05) is 0 Å². The maximum atomic E-state index is 10.7. The van der Waals surface area contributed by atoms with Crippen molar-refractivity contribution in [1.82, 2.24) is 0 Å². The molecule has 1 rings (SSSR count). The number of aliphatic hydroxyl groups excluding tert-OH is 1. The number of allylic oxidation sites excluding steroid dienone is 3. The number of rotatable bonds is 3. The highest BCUT2D eigenvalue weighted by atomic mass is 16.4. The van der Waals surface area contributed by atoms with Gasteiger partial charge < -0.3 is 15.3 Å². The molecular weight excluding hydrogens is 172 g/mol. The van der Waals surface area contributed by atoms with Crippen molar-refractivity contribution in [3.05, 3.63) is 23.8 Å². The summed E-state index contributed by atoms with van der Waals surface area (Å²) < 4.78 is 0. The Hall–Kier alpha value is -1.13. The lowest BCUT2D eigenvalue weighted by molar-refractivity contribution is -0.158. The molecule has 0 spiro atoms. The topological polar surface area (TPSA) is 77.8 Å². The van der Waals surface area contributed by atoms with Crippen molar-refractivity contribution in [2.75, 3.05) is 6.61 Å². The standard InChI is InChI=1S/C9H12O4/c10-6-9(13,8(11)12)7-4-2-1-3-5-7/h1-2,4,10,13H,3,5-6H2,(H,11,12). The number of aliphatic hydroxyl groups is 2. The average molecular weight is 184 g/mol. The Balaban J connectivity index is 2.94. The molecule has 0 radical (unpaired) electrons. The van der Waals surface area contributed by atoms with Gasteiger partial charge in [0.15, 0.2) is 0 Å². The predicted molar refractivity (Wildman–Crippen MR) is 46.1 cm³/mol. The van der Waals surface area contributed by atoms with Crippen LogP contribution >= 0.6 is 0 Å². The molecule has 0 bridgehead atoms. The summed E-state index contributed by atoms with van der Waals surface area (Å²) in [5.41, 5.74) is -1.75. The number of hydrogen-bond acceptors (Lipinski definition) is 3. The van der Waals surface area contributed by atoms with E-state index in [-0.39, 0.29) is 0 Å². The van der Waals surface area contributed by atoms with Crippen LogP contribution in [0.4, 0.5) is 0 Å². The molecule has 1 atom stereocenters. The zero-order valence-corrected chi connectivity index (χ0v) is 7.10. The van der Waals surface area contributed by atoms with E-state index in [1.165, 1.54) is 6.08 Å². The minimum atomic E-state index is -2.11. The maximum Gasteiger partial charge on any atom is 0.342 e. The summed E-state index contributed by atoms with van der Waals surface area (Å²) in [6, 6.07) is 0. The van der Waals surface area contributed by atoms with Crippen molar-refractivity contribution >= 4 is 5.97 Å². The van der Waals surface area contributed by atoms with Crippen LogP contribution in [0.2, 0.25) is 0 Å². The number of aliphatic carboxylic acids is 1. The van der Waals surface area contributed by atoms with Crippen LogP contribution in [-0.2, 0) is 4.79 Å². The fourth-order valence-electron chi connectivity index (χ4n) is 1.25. The van der Waals surface area contributed by atoms with Crippen LogP contribution in [0, 0.1) is 0 Å². The molecule has 0 aromatic rings. The van der Waals surface area contributed by atoms with Gasteiger partial charge in [-0.05, 0) is 18.4 Å². The van der Waals surface area contributed by atoms with Crippen LogP contribution in [0.5, 0.6) is 0 Å². The minimum Gasteiger partial charge on any atom is -0.479 e. The number of carboxylic acid groups (broad SMARTS) is 1. The largest absolute Gasteiger partial charge is 0.479 e. The molecule has 3 N–H and O–H groups in total. The molecule has 0 amide bonds. The summed E-state index contributed by atoms with van der Waals surface area (Å²) in [5.74, 6) is -1.41. The molecule has 0 aliphatic heterocycles. The zero-order chi connectivity index (χ0) is 9.90. The lowest BCUT2D eigenvalue weighted by Gasteiger charge is -2.25. The highest BCUT2D eigenvalue weighted by Crippen LogP contribution is 2.24. The fourth-order valence-corrected chi connectivity index (χ4v) is 1.25. The summed E-state index contributed by atoms with van der Waals surface area (Å²) >= 11 is 0. The summed E-state index contributed by atoms with van der Waals surface area (Å²) in [5, 5.41) is 27.1. The molecule has 0 aromatic heterocycles. The van der Waals surface area contributed by atoms with Crippen molar-refractivity contribution in [3.63, 3.8) is 0 Å². The van der Waals surface area contributed by atoms with Crippen LogP contribution < -0.4 is 0 Å². The van der Waals surface area contributed by atoms with Crippen molar-refractivity contribution in [2.24, 2.45) is 0 Å². The van der Waals surface area contributed by atoms with E-state index in [9.17, 15) is 9.90 Å². The van der Waals surface area contributed by atoms with Crippen molar-refractivity contribution in [3.8, 4) is 0 Å². The average Bonchev–Trinajstić information content (AvgIpc) is 2.17. The molecule has 1 aliphatic carbocycles. The molecular formula is C9H12O4. The normalized spacial score (nSPS) is 20.6. The van der Waals surface area contributed by atoms with E-state index in [0.717, 1.165) is 0 Å². The van der Waals surface area contributed by atoms with Gasteiger partial charge in [-0.15, -0.1) is 0 Å². The van der Waals surface area contributed by atoms with Gasteiger partial charge in [0.05, 0.1) is 6.61 Å². The van der Waals surface area contributed by atoms with Crippen LogP contribution in [-0.4, -0.2) is 33.5 Å². The first-order valence-electron chi connectivity index (χ1n) is 4.04. The number of carboxylic acids is 1. The van der Waals surface area contributed by atoms with Gasteiger partial charge in [-0.3, -0.25) is 0 Å². The second-order valence-corrected chi connectivity index (χ2v) is 2.98. The quantitative estimate of drug-likeness (QED) is 0.580. The molecule has 4 heteroatoms. The van der Waals surface area contributed by atoms with Gasteiger partial charge in [0.1, 0.15) is 0 Å². The van der Waals surface area contributed by atoms with Crippen molar-refractivity contribution in [2.45, 2.75) is 18.4 Å². The van der Waals surface area contributed by atoms with Crippen molar-refractivity contribution < 1.29 is 20.1 Å². The first kappa shape index (κ1) is 9.95. The second-order valence-electron chi connectivity index (χ2n) is 2.98. The Morgan fingerprint density at radius 1 is 1.62 bits per heavy atom. The van der Waals surface area contributed by atoms with Gasteiger partial charge in [-0.1, -0.05) is 18.2 Å². The Morgan fingerprint density at radius 2 is 2.31 bits per heavy atom. The van der Waals surface area contributed by atoms with Crippen LogP contribution in [0.15, 0.2) is 23.8 Å². The third-order valence-electron chi connectivity index (χ3n) is 2.13. The monoisotopic (exact) mass is 184 g/mol. The predicted octanol–water partition coefficient (Wildman–Crippen LogP) is 0.0708. The molecule has 0 heterocycles. The maximum absolute atomic E-state index is 10.7. The third-order valence-corrected chi connectivity index (χ3v) is 2.13. The zero-order valence-electron chi connectivity index (χ0n) is 7.10. The molecule has 13 heavy (non-hydrogen) atoms. The van der Waals surface area contributed by atoms with E-state index in [2.05, 4.69) is 0 Å². The Kier molecular flexibility index (Phi) is 2.85. The van der Waals surface area contributed by atoms with Crippen LogP contribution in [0.25, 0.3) is 0 Å². The van der Waals surface area contributed by atoms with E-state index in [1.807, 2.05) is 6.08 Å². The fraction of sp³-hybridized carbons (Fsp3) is 0.444. The second kappa shape index (κ2) is 3.72. The summed E-state index contributed by atoms with van der Waals surface area (Å²) in [6.07, 6.45) is 6.26. The SMILES string of the molecule is O=C(O)C(O)(CO)C1=CC=CCC1. The molecule has 0 saturated heterocycles. The highest BCUT2D eigenvalue weighted by molar-refractivity contribution is 5.81.